The minimum atomic E-state index is 0.491. The molecule has 1 fully saturated rings. The number of likely N-dealkylation sites (tertiary alicyclic amines) is 1. The van der Waals surface area contributed by atoms with Crippen LogP contribution in [-0.4, -0.2) is 43.8 Å². The Morgan fingerprint density at radius 1 is 1.44 bits per heavy atom. The molecule has 0 saturated carbocycles. The number of nitrogens with two attached hydrogens (primary N) is 1. The predicted molar refractivity (Wildman–Crippen MR) is 68.5 cm³/mol. The third kappa shape index (κ3) is 3.44. The molecule has 0 aromatic carbocycles. The van der Waals surface area contributed by atoms with E-state index in [0.717, 1.165) is 19.2 Å². The molecule has 3 unspecified atom stereocenters. The molecular formula is C13H28N2O. The van der Waals surface area contributed by atoms with E-state index in [0.29, 0.717) is 12.0 Å². The predicted octanol–water partition coefficient (Wildman–Crippen LogP) is 1.86. The lowest BCUT2D eigenvalue weighted by Crippen LogP contribution is -2.52. The number of hydrogen-bond donors (Lipinski definition) is 1. The van der Waals surface area contributed by atoms with E-state index in [1.54, 1.807) is 7.11 Å². The Morgan fingerprint density at radius 3 is 2.75 bits per heavy atom. The zero-order valence-corrected chi connectivity index (χ0v) is 11.1. The summed E-state index contributed by atoms with van der Waals surface area (Å²) >= 11 is 0. The minimum Gasteiger partial charge on any atom is -0.384 e. The molecule has 1 saturated heterocycles. The van der Waals surface area contributed by atoms with Gasteiger partial charge in [0, 0.05) is 25.7 Å². The highest BCUT2D eigenvalue weighted by Crippen LogP contribution is 2.24. The van der Waals surface area contributed by atoms with E-state index in [1.165, 1.54) is 32.2 Å². The molecule has 1 rings (SSSR count). The average molecular weight is 228 g/mol. The van der Waals surface area contributed by atoms with Gasteiger partial charge in [-0.25, -0.2) is 0 Å². The fourth-order valence-electron chi connectivity index (χ4n) is 2.97. The molecule has 1 aliphatic heterocycles. The first-order valence-corrected chi connectivity index (χ1v) is 6.69. The highest BCUT2D eigenvalue weighted by atomic mass is 16.5. The van der Waals surface area contributed by atoms with Crippen molar-refractivity contribution in [2.75, 3.05) is 26.8 Å². The second-order valence-electron chi connectivity index (χ2n) is 5.03. The quantitative estimate of drug-likeness (QED) is 0.754. The largest absolute Gasteiger partial charge is 0.384 e. The van der Waals surface area contributed by atoms with Gasteiger partial charge in [-0.05, 0) is 31.7 Å². The van der Waals surface area contributed by atoms with Gasteiger partial charge in [0.25, 0.3) is 0 Å². The second-order valence-corrected chi connectivity index (χ2v) is 5.03. The molecule has 3 atom stereocenters. The van der Waals surface area contributed by atoms with Crippen LogP contribution in [0.4, 0.5) is 0 Å². The van der Waals surface area contributed by atoms with Gasteiger partial charge in [-0.3, -0.25) is 4.90 Å². The Kier molecular flexibility index (Phi) is 6.32. The normalized spacial score (nSPS) is 26.6. The highest BCUT2D eigenvalue weighted by molar-refractivity contribution is 4.85. The Bertz CT molecular complexity index is 187. The maximum Gasteiger partial charge on any atom is 0.0503 e. The molecule has 0 aliphatic carbocycles. The van der Waals surface area contributed by atoms with Crippen LogP contribution in [0, 0.1) is 5.92 Å². The molecule has 0 amide bonds. The highest BCUT2D eigenvalue weighted by Gasteiger charge is 2.30. The van der Waals surface area contributed by atoms with Gasteiger partial charge in [0.1, 0.15) is 0 Å². The third-order valence-corrected chi connectivity index (χ3v) is 3.90. The van der Waals surface area contributed by atoms with Crippen molar-refractivity contribution >= 4 is 0 Å². The fraction of sp³-hybridized carbons (Fsp3) is 1.00. The van der Waals surface area contributed by atoms with E-state index >= 15 is 0 Å². The zero-order valence-electron chi connectivity index (χ0n) is 11.1. The van der Waals surface area contributed by atoms with Crippen LogP contribution in [0.1, 0.15) is 39.5 Å². The van der Waals surface area contributed by atoms with Crippen LogP contribution in [0.25, 0.3) is 0 Å². The summed E-state index contributed by atoms with van der Waals surface area (Å²) in [6.45, 7) is 7.32. The minimum absolute atomic E-state index is 0.491. The van der Waals surface area contributed by atoms with Crippen molar-refractivity contribution in [3.05, 3.63) is 0 Å². The first-order chi connectivity index (χ1) is 7.74. The molecule has 0 aromatic heterocycles. The first-order valence-electron chi connectivity index (χ1n) is 6.69. The number of methoxy groups -OCH3 is 1. The first kappa shape index (κ1) is 13.9. The van der Waals surface area contributed by atoms with Gasteiger partial charge in [-0.2, -0.15) is 0 Å². The topological polar surface area (TPSA) is 38.5 Å². The van der Waals surface area contributed by atoms with Gasteiger partial charge in [0.15, 0.2) is 0 Å². The van der Waals surface area contributed by atoms with Gasteiger partial charge in [0.05, 0.1) is 6.61 Å². The van der Waals surface area contributed by atoms with Crippen molar-refractivity contribution in [1.29, 1.82) is 0 Å². The van der Waals surface area contributed by atoms with E-state index in [1.807, 2.05) is 0 Å². The van der Waals surface area contributed by atoms with Crippen molar-refractivity contribution in [3.63, 3.8) is 0 Å². The summed E-state index contributed by atoms with van der Waals surface area (Å²) in [5.41, 5.74) is 5.95. The van der Waals surface area contributed by atoms with Crippen molar-refractivity contribution in [2.24, 2.45) is 11.7 Å². The summed E-state index contributed by atoms with van der Waals surface area (Å²) in [7, 11) is 1.78. The number of ether oxygens (including phenoxy) is 1. The van der Waals surface area contributed by atoms with Crippen LogP contribution in [0.15, 0.2) is 0 Å². The lowest BCUT2D eigenvalue weighted by atomic mass is 9.93. The van der Waals surface area contributed by atoms with Crippen LogP contribution in [-0.2, 0) is 4.74 Å². The lowest BCUT2D eigenvalue weighted by molar-refractivity contribution is 0.0378. The summed E-state index contributed by atoms with van der Waals surface area (Å²) < 4.78 is 5.26. The van der Waals surface area contributed by atoms with Crippen LogP contribution >= 0.6 is 0 Å². The molecule has 0 spiro atoms. The fourth-order valence-corrected chi connectivity index (χ4v) is 2.97. The number of nitrogens with zero attached hydrogens (tertiary/aromatic N) is 1. The standard InChI is InChI=1S/C13H28N2O/c1-4-12-7-5-6-8-15(12)13(9-14)11(2)10-16-3/h11-13H,4-10,14H2,1-3H3. The molecule has 2 N–H and O–H groups in total. The SMILES string of the molecule is CCC1CCCCN1C(CN)C(C)COC. The Hall–Kier alpha value is -0.120. The third-order valence-electron chi connectivity index (χ3n) is 3.90. The van der Waals surface area contributed by atoms with Crippen LogP contribution < -0.4 is 5.73 Å². The molecule has 0 bridgehead atoms. The maximum absolute atomic E-state index is 5.95. The molecule has 3 heteroatoms. The average Bonchev–Trinajstić information content (AvgIpc) is 2.31. The smallest absolute Gasteiger partial charge is 0.0503 e. The molecular weight excluding hydrogens is 200 g/mol. The summed E-state index contributed by atoms with van der Waals surface area (Å²) in [6.07, 6.45) is 5.29. The monoisotopic (exact) mass is 228 g/mol. The lowest BCUT2D eigenvalue weighted by Gasteiger charge is -2.43. The Labute approximate surface area is 100 Å². The van der Waals surface area contributed by atoms with Gasteiger partial charge in [0.2, 0.25) is 0 Å². The van der Waals surface area contributed by atoms with E-state index in [9.17, 15) is 0 Å². The Morgan fingerprint density at radius 2 is 2.19 bits per heavy atom. The van der Waals surface area contributed by atoms with Crippen molar-refractivity contribution in [3.8, 4) is 0 Å². The van der Waals surface area contributed by atoms with Gasteiger partial charge in [-0.15, -0.1) is 0 Å². The number of rotatable bonds is 6. The van der Waals surface area contributed by atoms with Crippen molar-refractivity contribution < 1.29 is 4.74 Å². The summed E-state index contributed by atoms with van der Waals surface area (Å²) in [5.74, 6) is 0.530. The molecule has 1 heterocycles. The number of piperidine rings is 1. The summed E-state index contributed by atoms with van der Waals surface area (Å²) in [6, 6.07) is 1.23. The summed E-state index contributed by atoms with van der Waals surface area (Å²) in [5, 5.41) is 0. The van der Waals surface area contributed by atoms with Crippen LogP contribution in [0.2, 0.25) is 0 Å². The second kappa shape index (κ2) is 7.25. The number of hydrogen-bond acceptors (Lipinski definition) is 3. The molecule has 1 aliphatic rings. The van der Waals surface area contributed by atoms with Gasteiger partial charge < -0.3 is 10.5 Å². The Balaban J connectivity index is 2.61. The van der Waals surface area contributed by atoms with Crippen LogP contribution in [0.3, 0.4) is 0 Å². The molecule has 16 heavy (non-hydrogen) atoms. The van der Waals surface area contributed by atoms with Gasteiger partial charge >= 0.3 is 0 Å². The van der Waals surface area contributed by atoms with E-state index in [2.05, 4.69) is 18.7 Å². The van der Waals surface area contributed by atoms with Crippen molar-refractivity contribution in [1.82, 2.24) is 4.90 Å². The molecule has 96 valence electrons. The van der Waals surface area contributed by atoms with Crippen LogP contribution in [0.5, 0.6) is 0 Å². The molecule has 3 nitrogen and oxygen atoms in total. The maximum atomic E-state index is 5.95. The van der Waals surface area contributed by atoms with Crippen molar-refractivity contribution in [2.45, 2.75) is 51.6 Å². The summed E-state index contributed by atoms with van der Waals surface area (Å²) in [4.78, 5) is 2.63. The van der Waals surface area contributed by atoms with E-state index in [-0.39, 0.29) is 0 Å². The molecule has 0 radical (unpaired) electrons. The van der Waals surface area contributed by atoms with Gasteiger partial charge in [-0.1, -0.05) is 20.3 Å². The van der Waals surface area contributed by atoms with E-state index in [4.69, 9.17) is 10.5 Å². The molecule has 0 aromatic rings. The van der Waals surface area contributed by atoms with E-state index < -0.39 is 0 Å². The zero-order chi connectivity index (χ0) is 12.0.